The Balaban J connectivity index is 1.43. The van der Waals surface area contributed by atoms with Crippen molar-refractivity contribution in [3.63, 3.8) is 0 Å². The Hall–Kier alpha value is -2.54. The highest BCUT2D eigenvalue weighted by molar-refractivity contribution is 7.99. The highest BCUT2D eigenvalue weighted by Gasteiger charge is 2.29. The number of carbonyl (C=O) groups excluding carboxylic acids is 1. The molecule has 0 amide bonds. The van der Waals surface area contributed by atoms with Crippen molar-refractivity contribution in [1.82, 2.24) is 15.0 Å². The second kappa shape index (κ2) is 9.51. The number of hydrogen-bond donors (Lipinski definition) is 1. The first-order valence-electron chi connectivity index (χ1n) is 10.7. The Morgan fingerprint density at radius 3 is 2.63 bits per heavy atom. The smallest absolute Gasteiger partial charge is 0.232 e. The number of aromatic nitrogens is 3. The molecule has 30 heavy (non-hydrogen) atoms. The van der Waals surface area contributed by atoms with Gasteiger partial charge in [0.05, 0.1) is 6.54 Å². The van der Waals surface area contributed by atoms with Crippen LogP contribution in [0.15, 0.2) is 51.0 Å². The van der Waals surface area contributed by atoms with Gasteiger partial charge in [0.1, 0.15) is 17.4 Å². The number of nitrogens with one attached hydrogen (secondary N) is 1. The number of anilines is 1. The van der Waals surface area contributed by atoms with E-state index in [0.717, 1.165) is 60.8 Å². The van der Waals surface area contributed by atoms with Gasteiger partial charge in [-0.15, -0.1) is 0 Å². The summed E-state index contributed by atoms with van der Waals surface area (Å²) < 4.78 is 0. The van der Waals surface area contributed by atoms with Gasteiger partial charge in [-0.1, -0.05) is 32.4 Å². The normalized spacial score (nSPS) is 15.7. The molecular weight excluding hydrogens is 394 g/mol. The van der Waals surface area contributed by atoms with Crippen molar-refractivity contribution in [3.8, 4) is 0 Å². The molecule has 1 aliphatic carbocycles. The molecule has 1 saturated carbocycles. The van der Waals surface area contributed by atoms with Crippen molar-refractivity contribution >= 4 is 29.3 Å². The molecule has 6 nitrogen and oxygen atoms in total. The summed E-state index contributed by atoms with van der Waals surface area (Å²) in [5.74, 6) is 2.76. The van der Waals surface area contributed by atoms with Gasteiger partial charge in [0.2, 0.25) is 5.95 Å². The highest BCUT2D eigenvalue weighted by atomic mass is 32.2. The molecule has 1 aliphatic heterocycles. The molecule has 4 rings (SSSR count). The van der Waals surface area contributed by atoms with E-state index < -0.39 is 0 Å². The SMILES string of the molecule is CCCC1=CC(Nc2nc(CC)nc(Sc3ccc(CC(=O)C4CC4)cc3)n2)=NC1. The number of benzene rings is 1. The van der Waals surface area contributed by atoms with Crippen LogP contribution in [0.5, 0.6) is 0 Å². The van der Waals surface area contributed by atoms with Crippen LogP contribution in [0.1, 0.15) is 50.9 Å². The fourth-order valence-electron chi connectivity index (χ4n) is 3.32. The summed E-state index contributed by atoms with van der Waals surface area (Å²) in [4.78, 5) is 31.2. The molecule has 7 heteroatoms. The molecule has 2 heterocycles. The molecule has 0 atom stereocenters. The lowest BCUT2D eigenvalue weighted by molar-refractivity contribution is -0.119. The molecule has 0 saturated heterocycles. The molecule has 0 radical (unpaired) electrons. The summed E-state index contributed by atoms with van der Waals surface area (Å²) in [6, 6.07) is 8.11. The van der Waals surface area contributed by atoms with Gasteiger partial charge < -0.3 is 5.32 Å². The van der Waals surface area contributed by atoms with Gasteiger partial charge in [0.15, 0.2) is 5.16 Å². The lowest BCUT2D eigenvalue weighted by Gasteiger charge is -2.08. The quantitative estimate of drug-likeness (QED) is 0.634. The first-order chi connectivity index (χ1) is 14.6. The molecule has 0 unspecified atom stereocenters. The van der Waals surface area contributed by atoms with Gasteiger partial charge in [-0.2, -0.15) is 9.97 Å². The Bertz CT molecular complexity index is 980. The average Bonchev–Trinajstić information content (AvgIpc) is 3.51. The number of aryl methyl sites for hydroxylation is 1. The van der Waals surface area contributed by atoms with E-state index in [4.69, 9.17) is 0 Å². The van der Waals surface area contributed by atoms with Crippen LogP contribution in [0.2, 0.25) is 0 Å². The fraction of sp³-hybridized carbons (Fsp3) is 0.435. The number of amidine groups is 1. The predicted molar refractivity (Wildman–Crippen MR) is 120 cm³/mol. The Morgan fingerprint density at radius 2 is 1.93 bits per heavy atom. The maximum Gasteiger partial charge on any atom is 0.232 e. The minimum atomic E-state index is 0.306. The van der Waals surface area contributed by atoms with Crippen LogP contribution in [0.4, 0.5) is 5.95 Å². The van der Waals surface area contributed by atoms with E-state index >= 15 is 0 Å². The predicted octanol–water partition coefficient (Wildman–Crippen LogP) is 4.66. The molecular formula is C23H27N5OS. The van der Waals surface area contributed by atoms with Crippen LogP contribution >= 0.6 is 11.8 Å². The molecule has 1 aromatic carbocycles. The van der Waals surface area contributed by atoms with Crippen LogP contribution < -0.4 is 5.32 Å². The summed E-state index contributed by atoms with van der Waals surface area (Å²) >= 11 is 1.50. The lowest BCUT2D eigenvalue weighted by Crippen LogP contribution is -2.12. The van der Waals surface area contributed by atoms with E-state index in [1.54, 1.807) is 0 Å². The number of nitrogens with zero attached hydrogens (tertiary/aromatic N) is 4. The second-order valence-corrected chi connectivity index (χ2v) is 8.79. The van der Waals surface area contributed by atoms with Gasteiger partial charge in [-0.3, -0.25) is 9.79 Å². The van der Waals surface area contributed by atoms with Gasteiger partial charge in [0, 0.05) is 23.7 Å². The van der Waals surface area contributed by atoms with Crippen molar-refractivity contribution < 1.29 is 4.79 Å². The van der Waals surface area contributed by atoms with Crippen LogP contribution in [0, 0.1) is 5.92 Å². The Morgan fingerprint density at radius 1 is 1.13 bits per heavy atom. The van der Waals surface area contributed by atoms with Gasteiger partial charge in [-0.25, -0.2) is 4.98 Å². The summed E-state index contributed by atoms with van der Waals surface area (Å²) in [7, 11) is 0. The third-order valence-corrected chi connectivity index (χ3v) is 6.00. The topological polar surface area (TPSA) is 80.1 Å². The lowest BCUT2D eigenvalue weighted by atomic mass is 10.1. The van der Waals surface area contributed by atoms with Crippen LogP contribution in [-0.2, 0) is 17.6 Å². The Kier molecular flexibility index (Phi) is 6.57. The zero-order valence-corrected chi connectivity index (χ0v) is 18.3. The summed E-state index contributed by atoms with van der Waals surface area (Å²) in [6.07, 6.45) is 7.66. The summed E-state index contributed by atoms with van der Waals surface area (Å²) in [5.41, 5.74) is 2.40. The molecule has 1 N–H and O–H groups in total. The van der Waals surface area contributed by atoms with Crippen molar-refractivity contribution in [2.24, 2.45) is 10.9 Å². The fourth-order valence-corrected chi connectivity index (χ4v) is 4.09. The largest absolute Gasteiger partial charge is 0.309 e. The third-order valence-electron chi connectivity index (χ3n) is 5.13. The minimum Gasteiger partial charge on any atom is -0.309 e. The molecule has 2 aromatic rings. The molecule has 2 aliphatic rings. The van der Waals surface area contributed by atoms with Crippen molar-refractivity contribution in [2.45, 2.75) is 62.4 Å². The molecule has 0 spiro atoms. The van der Waals surface area contributed by atoms with E-state index in [2.05, 4.69) is 38.3 Å². The monoisotopic (exact) mass is 421 g/mol. The second-order valence-electron chi connectivity index (χ2n) is 7.75. The number of ketones is 1. The number of carbonyl (C=O) groups is 1. The molecule has 0 bridgehead atoms. The molecule has 156 valence electrons. The van der Waals surface area contributed by atoms with Gasteiger partial charge in [-0.05, 0) is 60.4 Å². The first-order valence-corrected chi connectivity index (χ1v) is 11.5. The highest BCUT2D eigenvalue weighted by Crippen LogP contribution is 2.31. The maximum absolute atomic E-state index is 12.0. The zero-order valence-electron chi connectivity index (χ0n) is 17.5. The van der Waals surface area contributed by atoms with Crippen molar-refractivity contribution in [3.05, 3.63) is 47.3 Å². The Labute approximate surface area is 181 Å². The summed E-state index contributed by atoms with van der Waals surface area (Å²) in [6.45, 7) is 4.96. The molecule has 1 aromatic heterocycles. The third kappa shape index (κ3) is 5.53. The van der Waals surface area contributed by atoms with E-state index in [9.17, 15) is 4.79 Å². The number of hydrogen-bond acceptors (Lipinski definition) is 7. The van der Waals surface area contributed by atoms with E-state index in [-0.39, 0.29) is 0 Å². The zero-order chi connectivity index (χ0) is 20.9. The van der Waals surface area contributed by atoms with Gasteiger partial charge >= 0.3 is 0 Å². The molecule has 1 fully saturated rings. The van der Waals surface area contributed by atoms with E-state index in [1.165, 1.54) is 17.3 Å². The van der Waals surface area contributed by atoms with Crippen LogP contribution in [0.3, 0.4) is 0 Å². The van der Waals surface area contributed by atoms with Crippen molar-refractivity contribution in [1.29, 1.82) is 0 Å². The summed E-state index contributed by atoms with van der Waals surface area (Å²) in [5, 5.41) is 3.89. The number of aliphatic imine (C=N–C) groups is 1. The van der Waals surface area contributed by atoms with E-state index in [0.29, 0.717) is 29.2 Å². The minimum absolute atomic E-state index is 0.306. The van der Waals surface area contributed by atoms with Crippen molar-refractivity contribution in [2.75, 3.05) is 11.9 Å². The van der Waals surface area contributed by atoms with E-state index in [1.807, 2.05) is 31.2 Å². The number of Topliss-reactive ketones (excluding diaryl/α,β-unsaturated/α-hetero) is 1. The average molecular weight is 422 g/mol. The standard InChI is InChI=1S/C23H27N5OS/c1-3-5-16-13-21(24-14-16)26-22-25-20(4-2)27-23(28-22)30-18-10-6-15(7-11-18)12-19(29)17-8-9-17/h6-7,10-11,13,17H,3-5,8-9,12,14H2,1-2H3,(H,24,25,26,27,28). The number of rotatable bonds is 9. The van der Waals surface area contributed by atoms with Gasteiger partial charge in [0.25, 0.3) is 0 Å². The van der Waals surface area contributed by atoms with Crippen LogP contribution in [-0.4, -0.2) is 33.1 Å². The first kappa shape index (κ1) is 20.7. The van der Waals surface area contributed by atoms with Crippen LogP contribution in [0.25, 0.3) is 0 Å². The maximum atomic E-state index is 12.0.